The first-order valence-electron chi connectivity index (χ1n) is 5.73. The lowest BCUT2D eigenvalue weighted by Crippen LogP contribution is -2.06. The van der Waals surface area contributed by atoms with E-state index in [-0.39, 0.29) is 0 Å². The van der Waals surface area contributed by atoms with Gasteiger partial charge in [-0.1, -0.05) is 0 Å². The number of rotatable bonds is 4. The first kappa shape index (κ1) is 12.0. The summed E-state index contributed by atoms with van der Waals surface area (Å²) < 4.78 is 9.30. The van der Waals surface area contributed by atoms with E-state index in [9.17, 15) is 0 Å². The van der Waals surface area contributed by atoms with Crippen LogP contribution in [-0.4, -0.2) is 43.1 Å². The summed E-state index contributed by atoms with van der Waals surface area (Å²) in [6, 6.07) is 0. The summed E-state index contributed by atoms with van der Waals surface area (Å²) in [6.07, 6.45) is 6.98. The molecule has 0 radical (unpaired) electrons. The van der Waals surface area contributed by atoms with Gasteiger partial charge in [-0.3, -0.25) is 14.6 Å². The highest BCUT2D eigenvalue weighted by Gasteiger charge is 2.13. The molecule has 8 heteroatoms. The van der Waals surface area contributed by atoms with Gasteiger partial charge in [0.15, 0.2) is 10.6 Å². The second kappa shape index (κ2) is 4.90. The number of hydrogen-bond acceptors (Lipinski definition) is 5. The number of hydrogen-bond donors (Lipinski definition) is 1. The topological polar surface area (TPSA) is 73.0 Å². The Labute approximate surface area is 113 Å². The van der Waals surface area contributed by atoms with Crippen LogP contribution in [0, 0.1) is 4.77 Å². The molecule has 0 amide bonds. The van der Waals surface area contributed by atoms with Crippen molar-refractivity contribution in [2.75, 3.05) is 13.7 Å². The molecule has 0 saturated heterocycles. The maximum absolute atomic E-state index is 5.23. The number of fused-ring (bicyclic) bond motifs is 1. The lowest BCUT2D eigenvalue weighted by Gasteiger charge is -2.04. The van der Waals surface area contributed by atoms with Crippen molar-refractivity contribution >= 4 is 17.7 Å². The third kappa shape index (κ3) is 2.04. The average Bonchev–Trinajstić information content (AvgIpc) is 3.00. The van der Waals surface area contributed by atoms with Crippen molar-refractivity contribution < 1.29 is 4.74 Å². The maximum atomic E-state index is 5.23. The third-order valence-electron chi connectivity index (χ3n) is 2.84. The Morgan fingerprint density at radius 3 is 3.16 bits per heavy atom. The smallest absolute Gasteiger partial charge is 0.195 e. The van der Waals surface area contributed by atoms with Crippen LogP contribution in [0.2, 0.25) is 0 Å². The fraction of sp³-hybridized carbons (Fsp3) is 0.273. The Bertz CT molecular complexity index is 758. The first-order chi connectivity index (χ1) is 9.31. The van der Waals surface area contributed by atoms with Crippen molar-refractivity contribution in [3.8, 4) is 11.4 Å². The molecular formula is C11H12N6OS. The molecule has 0 fully saturated rings. The molecule has 3 aromatic heterocycles. The van der Waals surface area contributed by atoms with Crippen LogP contribution in [-0.2, 0) is 11.3 Å². The van der Waals surface area contributed by atoms with E-state index in [1.807, 2.05) is 4.57 Å². The van der Waals surface area contributed by atoms with Gasteiger partial charge in [-0.25, -0.2) is 4.52 Å². The molecule has 0 aliphatic carbocycles. The van der Waals surface area contributed by atoms with Crippen LogP contribution in [0.15, 0.2) is 24.8 Å². The van der Waals surface area contributed by atoms with Gasteiger partial charge in [0.05, 0.1) is 36.6 Å². The second-order valence-electron chi connectivity index (χ2n) is 3.96. The maximum Gasteiger partial charge on any atom is 0.195 e. The molecule has 98 valence electrons. The normalized spacial score (nSPS) is 11.2. The molecule has 0 aliphatic rings. The Morgan fingerprint density at radius 2 is 2.32 bits per heavy atom. The molecule has 0 aromatic carbocycles. The predicted molar refractivity (Wildman–Crippen MR) is 71.3 cm³/mol. The minimum Gasteiger partial charge on any atom is -0.383 e. The van der Waals surface area contributed by atoms with Crippen molar-refractivity contribution in [3.63, 3.8) is 0 Å². The lowest BCUT2D eigenvalue weighted by atomic mass is 10.3. The Kier molecular flexibility index (Phi) is 3.10. The van der Waals surface area contributed by atoms with Gasteiger partial charge in [0.25, 0.3) is 0 Å². The SMILES string of the molecule is COCCn1c(-c2cnn3ccncc23)n[nH]c1=S. The zero-order valence-electron chi connectivity index (χ0n) is 10.3. The van der Waals surface area contributed by atoms with Gasteiger partial charge in [0.2, 0.25) is 0 Å². The second-order valence-corrected chi connectivity index (χ2v) is 4.35. The lowest BCUT2D eigenvalue weighted by molar-refractivity contribution is 0.187. The number of ether oxygens (including phenoxy) is 1. The Morgan fingerprint density at radius 1 is 1.42 bits per heavy atom. The van der Waals surface area contributed by atoms with E-state index in [1.54, 1.807) is 36.4 Å². The largest absolute Gasteiger partial charge is 0.383 e. The van der Waals surface area contributed by atoms with E-state index in [0.717, 1.165) is 16.9 Å². The van der Waals surface area contributed by atoms with E-state index in [1.165, 1.54) is 0 Å². The van der Waals surface area contributed by atoms with Crippen LogP contribution >= 0.6 is 12.2 Å². The number of H-pyrrole nitrogens is 1. The van der Waals surface area contributed by atoms with Gasteiger partial charge in [-0.05, 0) is 12.2 Å². The standard InChI is InChI=1S/C11H12N6OS/c1-18-5-4-16-10(14-15-11(16)19)8-6-13-17-3-2-12-7-9(8)17/h2-3,6-7H,4-5H2,1H3,(H,15,19). The van der Waals surface area contributed by atoms with Crippen LogP contribution in [0.5, 0.6) is 0 Å². The van der Waals surface area contributed by atoms with Crippen molar-refractivity contribution in [1.82, 2.24) is 29.4 Å². The average molecular weight is 276 g/mol. The summed E-state index contributed by atoms with van der Waals surface area (Å²) in [5.74, 6) is 0.741. The molecule has 0 aliphatic heterocycles. The summed E-state index contributed by atoms with van der Waals surface area (Å²) in [5, 5.41) is 11.3. The zero-order chi connectivity index (χ0) is 13.2. The van der Waals surface area contributed by atoms with Crippen molar-refractivity contribution in [1.29, 1.82) is 0 Å². The number of nitrogens with zero attached hydrogens (tertiary/aromatic N) is 5. The van der Waals surface area contributed by atoms with E-state index >= 15 is 0 Å². The zero-order valence-corrected chi connectivity index (χ0v) is 11.1. The minimum absolute atomic E-state index is 0.565. The molecule has 19 heavy (non-hydrogen) atoms. The number of nitrogens with one attached hydrogen (secondary N) is 1. The predicted octanol–water partition coefficient (Wildman–Crippen LogP) is 1.30. The van der Waals surface area contributed by atoms with Crippen LogP contribution < -0.4 is 0 Å². The molecule has 0 spiro atoms. The monoisotopic (exact) mass is 276 g/mol. The molecule has 3 aromatic rings. The fourth-order valence-electron chi connectivity index (χ4n) is 1.92. The van der Waals surface area contributed by atoms with Gasteiger partial charge < -0.3 is 4.74 Å². The van der Waals surface area contributed by atoms with Crippen molar-refractivity contribution in [2.24, 2.45) is 0 Å². The van der Waals surface area contributed by atoms with E-state index in [4.69, 9.17) is 17.0 Å². The summed E-state index contributed by atoms with van der Waals surface area (Å²) in [4.78, 5) is 4.11. The molecule has 7 nitrogen and oxygen atoms in total. The number of aromatic amines is 1. The van der Waals surface area contributed by atoms with Crippen molar-refractivity contribution in [3.05, 3.63) is 29.6 Å². The van der Waals surface area contributed by atoms with Gasteiger partial charge in [-0.2, -0.15) is 10.2 Å². The summed E-state index contributed by atoms with van der Waals surface area (Å²) >= 11 is 5.23. The van der Waals surface area contributed by atoms with Crippen LogP contribution in [0.3, 0.4) is 0 Å². The molecule has 0 bridgehead atoms. The highest BCUT2D eigenvalue weighted by Crippen LogP contribution is 2.21. The Hall–Kier alpha value is -2.06. The highest BCUT2D eigenvalue weighted by molar-refractivity contribution is 7.71. The van der Waals surface area contributed by atoms with Gasteiger partial charge in [0.1, 0.15) is 0 Å². The highest BCUT2D eigenvalue weighted by atomic mass is 32.1. The quantitative estimate of drug-likeness (QED) is 0.727. The van der Waals surface area contributed by atoms with E-state index in [0.29, 0.717) is 17.9 Å². The first-order valence-corrected chi connectivity index (χ1v) is 6.14. The van der Waals surface area contributed by atoms with Gasteiger partial charge >= 0.3 is 0 Å². The summed E-state index contributed by atoms with van der Waals surface area (Å²) in [7, 11) is 1.66. The van der Waals surface area contributed by atoms with Crippen LogP contribution in [0.25, 0.3) is 16.9 Å². The van der Waals surface area contributed by atoms with E-state index < -0.39 is 0 Å². The number of aromatic nitrogens is 6. The molecule has 0 atom stereocenters. The number of methoxy groups -OCH3 is 1. The molecule has 0 unspecified atom stereocenters. The molecule has 1 N–H and O–H groups in total. The molecular weight excluding hydrogens is 264 g/mol. The molecule has 0 saturated carbocycles. The molecule has 3 rings (SSSR count). The summed E-state index contributed by atoms with van der Waals surface area (Å²) in [5.41, 5.74) is 1.77. The van der Waals surface area contributed by atoms with Crippen LogP contribution in [0.4, 0.5) is 0 Å². The van der Waals surface area contributed by atoms with Gasteiger partial charge in [0, 0.05) is 19.5 Å². The Balaban J connectivity index is 2.14. The van der Waals surface area contributed by atoms with Gasteiger partial charge in [-0.15, -0.1) is 0 Å². The fourth-order valence-corrected chi connectivity index (χ4v) is 2.14. The molecule has 3 heterocycles. The van der Waals surface area contributed by atoms with Crippen LogP contribution in [0.1, 0.15) is 0 Å². The minimum atomic E-state index is 0.565. The van der Waals surface area contributed by atoms with E-state index in [2.05, 4.69) is 20.3 Å². The third-order valence-corrected chi connectivity index (χ3v) is 3.15. The van der Waals surface area contributed by atoms with Crippen molar-refractivity contribution in [2.45, 2.75) is 6.54 Å². The summed E-state index contributed by atoms with van der Waals surface area (Å²) in [6.45, 7) is 1.21.